The highest BCUT2D eigenvalue weighted by Gasteiger charge is 2.28. The normalized spacial score (nSPS) is 12.4. The molecule has 0 aliphatic rings. The predicted molar refractivity (Wildman–Crippen MR) is 117 cm³/mol. The number of amides is 1. The summed E-state index contributed by atoms with van der Waals surface area (Å²) in [6.07, 6.45) is 1.07. The number of anilines is 1. The quantitative estimate of drug-likeness (QED) is 0.476. The van der Waals surface area contributed by atoms with Gasteiger partial charge in [0.1, 0.15) is 18.2 Å². The van der Waals surface area contributed by atoms with Crippen LogP contribution in [0.2, 0.25) is 0 Å². The van der Waals surface area contributed by atoms with Gasteiger partial charge in [0.2, 0.25) is 0 Å². The summed E-state index contributed by atoms with van der Waals surface area (Å²) in [5.41, 5.74) is 1.68. The van der Waals surface area contributed by atoms with Crippen LogP contribution >= 0.6 is 0 Å². The monoisotopic (exact) mass is 402 g/mol. The van der Waals surface area contributed by atoms with Gasteiger partial charge in [0.25, 0.3) is 0 Å². The Hall–Kier alpha value is -2.60. The molecule has 0 saturated carbocycles. The fourth-order valence-electron chi connectivity index (χ4n) is 2.82. The zero-order valence-electron chi connectivity index (χ0n) is 18.5. The van der Waals surface area contributed by atoms with Gasteiger partial charge in [0.15, 0.2) is 0 Å². The standard InChI is InChI=1S/C23H34N2O4/c1-9-17(4)15-28-21(26)20(16(2)3)25(8)14-18-11-10-12-19(13-18)24-22(27)29-23(5,6)7/h9-13,16,20H,1,4,14-15H2,2-3,5-8H3,(H,24,27). The first-order chi connectivity index (χ1) is 13.4. The molecule has 160 valence electrons. The summed E-state index contributed by atoms with van der Waals surface area (Å²) in [5.74, 6) is -0.235. The van der Waals surface area contributed by atoms with E-state index in [0.717, 1.165) is 5.56 Å². The van der Waals surface area contributed by atoms with E-state index < -0.39 is 17.7 Å². The van der Waals surface area contributed by atoms with Crippen molar-refractivity contribution in [2.24, 2.45) is 5.92 Å². The first kappa shape index (κ1) is 24.4. The van der Waals surface area contributed by atoms with Gasteiger partial charge in [0.05, 0.1) is 0 Å². The first-order valence-corrected chi connectivity index (χ1v) is 9.69. The molecular weight excluding hydrogens is 368 g/mol. The third-order valence-electron chi connectivity index (χ3n) is 4.04. The minimum absolute atomic E-state index is 0.0626. The number of likely N-dealkylation sites (N-methyl/N-ethyl adjacent to an activating group) is 1. The predicted octanol–water partition coefficient (Wildman–Crippen LogP) is 4.78. The number of nitrogens with one attached hydrogen (secondary N) is 1. The molecule has 0 aliphatic heterocycles. The smallest absolute Gasteiger partial charge is 0.412 e. The van der Waals surface area contributed by atoms with Gasteiger partial charge in [-0.2, -0.15) is 0 Å². The molecule has 0 aliphatic carbocycles. The molecule has 0 bridgehead atoms. The van der Waals surface area contributed by atoms with Crippen LogP contribution < -0.4 is 5.32 Å². The summed E-state index contributed by atoms with van der Waals surface area (Å²) in [4.78, 5) is 26.5. The number of ether oxygens (including phenoxy) is 2. The van der Waals surface area contributed by atoms with Crippen molar-refractivity contribution in [3.05, 3.63) is 54.6 Å². The van der Waals surface area contributed by atoms with Gasteiger partial charge in [-0.25, -0.2) is 4.79 Å². The van der Waals surface area contributed by atoms with Crippen molar-refractivity contribution in [2.45, 2.75) is 52.8 Å². The van der Waals surface area contributed by atoms with Gasteiger partial charge in [0, 0.05) is 12.2 Å². The zero-order valence-corrected chi connectivity index (χ0v) is 18.5. The number of nitrogens with zero attached hydrogens (tertiary/aromatic N) is 1. The highest BCUT2D eigenvalue weighted by molar-refractivity contribution is 5.85. The van der Waals surface area contributed by atoms with E-state index in [1.54, 1.807) is 12.1 Å². The molecule has 1 N–H and O–H groups in total. The number of hydrogen-bond acceptors (Lipinski definition) is 5. The topological polar surface area (TPSA) is 67.9 Å². The highest BCUT2D eigenvalue weighted by Crippen LogP contribution is 2.18. The van der Waals surface area contributed by atoms with Crippen LogP contribution in [0.4, 0.5) is 10.5 Å². The Morgan fingerprint density at radius 3 is 2.48 bits per heavy atom. The Balaban J connectivity index is 2.81. The zero-order chi connectivity index (χ0) is 22.2. The second-order valence-corrected chi connectivity index (χ2v) is 8.40. The van der Waals surface area contributed by atoms with E-state index in [4.69, 9.17) is 9.47 Å². The van der Waals surface area contributed by atoms with Gasteiger partial charge in [-0.3, -0.25) is 15.0 Å². The SMILES string of the molecule is C=CC(=C)COC(=O)C(C(C)C)N(C)Cc1cccc(NC(=O)OC(C)(C)C)c1. The molecule has 0 aromatic heterocycles. The van der Waals surface area contributed by atoms with E-state index in [-0.39, 0.29) is 18.5 Å². The van der Waals surface area contributed by atoms with E-state index in [2.05, 4.69) is 18.5 Å². The summed E-state index contributed by atoms with van der Waals surface area (Å²) in [5, 5.41) is 2.74. The van der Waals surface area contributed by atoms with Crippen LogP contribution in [0.15, 0.2) is 49.1 Å². The van der Waals surface area contributed by atoms with Crippen molar-refractivity contribution < 1.29 is 19.1 Å². The maximum absolute atomic E-state index is 12.6. The Morgan fingerprint density at radius 1 is 1.28 bits per heavy atom. The fourth-order valence-corrected chi connectivity index (χ4v) is 2.82. The minimum Gasteiger partial charge on any atom is -0.460 e. The lowest BCUT2D eigenvalue weighted by atomic mass is 10.0. The van der Waals surface area contributed by atoms with Gasteiger partial charge < -0.3 is 9.47 Å². The molecule has 0 radical (unpaired) electrons. The number of carbonyl (C=O) groups excluding carboxylic acids is 2. The summed E-state index contributed by atoms with van der Waals surface area (Å²) >= 11 is 0. The summed E-state index contributed by atoms with van der Waals surface area (Å²) in [6, 6.07) is 7.05. The third-order valence-corrected chi connectivity index (χ3v) is 4.04. The van der Waals surface area contributed by atoms with Gasteiger partial charge >= 0.3 is 12.1 Å². The number of benzene rings is 1. The molecule has 0 saturated heterocycles. The lowest BCUT2D eigenvalue weighted by Crippen LogP contribution is -2.43. The second kappa shape index (κ2) is 10.8. The molecule has 29 heavy (non-hydrogen) atoms. The van der Waals surface area contributed by atoms with E-state index >= 15 is 0 Å². The van der Waals surface area contributed by atoms with Gasteiger partial charge in [-0.15, -0.1) is 0 Å². The van der Waals surface area contributed by atoms with Gasteiger partial charge in [-0.1, -0.05) is 45.2 Å². The maximum atomic E-state index is 12.6. The lowest BCUT2D eigenvalue weighted by molar-refractivity contribution is -0.150. The third kappa shape index (κ3) is 8.96. The molecule has 1 amide bonds. The molecule has 1 aromatic carbocycles. The number of esters is 1. The highest BCUT2D eigenvalue weighted by atomic mass is 16.6. The van der Waals surface area contributed by atoms with E-state index in [9.17, 15) is 9.59 Å². The van der Waals surface area contributed by atoms with Crippen LogP contribution in [0, 0.1) is 5.92 Å². The minimum atomic E-state index is -0.566. The average molecular weight is 403 g/mol. The van der Waals surface area contributed by atoms with Crippen LogP contribution in [-0.4, -0.2) is 42.3 Å². The van der Waals surface area contributed by atoms with Crippen molar-refractivity contribution in [3.63, 3.8) is 0 Å². The van der Waals surface area contributed by atoms with Crippen molar-refractivity contribution >= 4 is 17.7 Å². The van der Waals surface area contributed by atoms with Crippen molar-refractivity contribution in [2.75, 3.05) is 19.0 Å². The largest absolute Gasteiger partial charge is 0.460 e. The molecular formula is C23H34N2O4. The summed E-state index contributed by atoms with van der Waals surface area (Å²) in [6.45, 7) is 17.4. The Bertz CT molecular complexity index is 735. The van der Waals surface area contributed by atoms with Crippen LogP contribution in [0.3, 0.4) is 0 Å². The molecule has 1 aromatic rings. The van der Waals surface area contributed by atoms with Gasteiger partial charge in [-0.05, 0) is 57.0 Å². The number of hydrogen-bond donors (Lipinski definition) is 1. The van der Waals surface area contributed by atoms with Crippen LogP contribution in [-0.2, 0) is 20.8 Å². The molecule has 6 heteroatoms. The van der Waals surface area contributed by atoms with Crippen LogP contribution in [0.5, 0.6) is 0 Å². The van der Waals surface area contributed by atoms with E-state index in [0.29, 0.717) is 17.8 Å². The number of carbonyl (C=O) groups is 2. The number of rotatable bonds is 9. The molecule has 1 atom stereocenters. The fraction of sp³-hybridized carbons (Fsp3) is 0.478. The van der Waals surface area contributed by atoms with Crippen molar-refractivity contribution in [1.82, 2.24) is 4.90 Å². The summed E-state index contributed by atoms with van der Waals surface area (Å²) in [7, 11) is 1.88. The van der Waals surface area contributed by atoms with E-state index in [1.165, 1.54) is 0 Å². The van der Waals surface area contributed by atoms with Crippen molar-refractivity contribution in [3.8, 4) is 0 Å². The molecule has 0 spiro atoms. The average Bonchev–Trinajstić information content (AvgIpc) is 2.57. The molecule has 0 fully saturated rings. The summed E-state index contributed by atoms with van der Waals surface area (Å²) < 4.78 is 10.7. The van der Waals surface area contributed by atoms with Crippen molar-refractivity contribution in [1.29, 1.82) is 0 Å². The molecule has 0 heterocycles. The lowest BCUT2D eigenvalue weighted by Gasteiger charge is -2.29. The maximum Gasteiger partial charge on any atom is 0.412 e. The first-order valence-electron chi connectivity index (χ1n) is 9.69. The van der Waals surface area contributed by atoms with E-state index in [1.807, 2.05) is 64.8 Å². The molecule has 6 nitrogen and oxygen atoms in total. The van der Waals surface area contributed by atoms with Crippen LogP contribution in [0.25, 0.3) is 0 Å². The molecule has 1 rings (SSSR count). The molecule has 1 unspecified atom stereocenters. The Morgan fingerprint density at radius 2 is 1.93 bits per heavy atom. The van der Waals surface area contributed by atoms with Crippen LogP contribution in [0.1, 0.15) is 40.2 Å². The Labute approximate surface area is 174 Å². The second-order valence-electron chi connectivity index (χ2n) is 8.40. The Kier molecular flexibility index (Phi) is 9.11.